The highest BCUT2D eigenvalue weighted by Gasteiger charge is 2.17. The molecule has 7 nitrogen and oxygen atoms in total. The van der Waals surface area contributed by atoms with Crippen LogP contribution in [0.1, 0.15) is 18.7 Å². The van der Waals surface area contributed by atoms with E-state index in [1.807, 2.05) is 13.1 Å². The molecule has 2 N–H and O–H groups in total. The van der Waals surface area contributed by atoms with Gasteiger partial charge < -0.3 is 10.6 Å². The second kappa shape index (κ2) is 4.25. The Kier molecular flexibility index (Phi) is 2.58. The first-order chi connectivity index (χ1) is 8.74. The normalized spacial score (nSPS) is 15.3. The Bertz CT molecular complexity index is 556. The van der Waals surface area contributed by atoms with Crippen LogP contribution in [0.2, 0.25) is 0 Å². The highest BCUT2D eigenvalue weighted by molar-refractivity contribution is 5.39. The Morgan fingerprint density at radius 1 is 1.11 bits per heavy atom. The van der Waals surface area contributed by atoms with Gasteiger partial charge in [0.2, 0.25) is 17.8 Å². The molecule has 0 saturated carbocycles. The first-order valence-corrected chi connectivity index (χ1v) is 6.01. The fourth-order valence-electron chi connectivity index (χ4n) is 2.12. The highest BCUT2D eigenvalue weighted by Crippen LogP contribution is 2.17. The molecular weight excluding hydrogens is 230 g/mol. The lowest BCUT2D eigenvalue weighted by atomic mass is 10.4. The van der Waals surface area contributed by atoms with E-state index >= 15 is 0 Å². The van der Waals surface area contributed by atoms with Gasteiger partial charge in [-0.3, -0.25) is 4.57 Å². The molecule has 7 heteroatoms. The number of rotatable bonds is 2. The zero-order valence-electron chi connectivity index (χ0n) is 10.2. The van der Waals surface area contributed by atoms with Gasteiger partial charge in [-0.25, -0.2) is 4.98 Å². The molecule has 0 radical (unpaired) electrons. The number of imidazole rings is 1. The predicted octanol–water partition coefficient (Wildman–Crippen LogP) is 0.548. The molecule has 18 heavy (non-hydrogen) atoms. The summed E-state index contributed by atoms with van der Waals surface area (Å²) in [6.07, 6.45) is 5.87. The quantitative estimate of drug-likeness (QED) is 0.831. The summed E-state index contributed by atoms with van der Waals surface area (Å²) in [7, 11) is 0. The van der Waals surface area contributed by atoms with Crippen LogP contribution in [0.4, 0.5) is 11.9 Å². The standard InChI is InChI=1S/C11H15N7/c1-8-13-4-7-18(8)11-15-9(12)14-10(16-11)17-5-2-3-6-17/h4,7H,2-3,5-6H2,1H3,(H2,12,14,15,16). The Morgan fingerprint density at radius 3 is 2.50 bits per heavy atom. The van der Waals surface area contributed by atoms with E-state index in [0.717, 1.165) is 18.9 Å². The highest BCUT2D eigenvalue weighted by atomic mass is 15.3. The van der Waals surface area contributed by atoms with Gasteiger partial charge in [-0.2, -0.15) is 15.0 Å². The lowest BCUT2D eigenvalue weighted by molar-refractivity contribution is 0.828. The summed E-state index contributed by atoms with van der Waals surface area (Å²) in [6, 6.07) is 0. The van der Waals surface area contributed by atoms with Gasteiger partial charge in [0, 0.05) is 25.5 Å². The van der Waals surface area contributed by atoms with Crippen molar-refractivity contribution in [1.29, 1.82) is 0 Å². The first-order valence-electron chi connectivity index (χ1n) is 6.01. The van der Waals surface area contributed by atoms with Gasteiger partial charge in [0.25, 0.3) is 0 Å². The van der Waals surface area contributed by atoms with E-state index in [9.17, 15) is 0 Å². The van der Waals surface area contributed by atoms with Gasteiger partial charge >= 0.3 is 0 Å². The molecule has 0 spiro atoms. The Hall–Kier alpha value is -2.18. The third kappa shape index (κ3) is 1.87. The molecule has 0 bridgehead atoms. The molecule has 94 valence electrons. The maximum Gasteiger partial charge on any atom is 0.241 e. The van der Waals surface area contributed by atoms with Gasteiger partial charge in [-0.1, -0.05) is 0 Å². The van der Waals surface area contributed by atoms with Crippen molar-refractivity contribution in [2.75, 3.05) is 23.7 Å². The summed E-state index contributed by atoms with van der Waals surface area (Å²) in [5.41, 5.74) is 5.76. The summed E-state index contributed by atoms with van der Waals surface area (Å²) in [6.45, 7) is 3.85. The van der Waals surface area contributed by atoms with Crippen LogP contribution in [-0.2, 0) is 0 Å². The van der Waals surface area contributed by atoms with Crippen LogP contribution in [0.15, 0.2) is 12.4 Å². The summed E-state index contributed by atoms with van der Waals surface area (Å²) in [4.78, 5) is 19.1. The topological polar surface area (TPSA) is 85.8 Å². The van der Waals surface area contributed by atoms with Crippen LogP contribution in [0.5, 0.6) is 0 Å². The molecule has 0 unspecified atom stereocenters. The third-order valence-electron chi connectivity index (χ3n) is 3.06. The molecule has 2 aromatic rings. The van der Waals surface area contributed by atoms with Gasteiger partial charge in [0.15, 0.2) is 0 Å². The number of hydrogen-bond donors (Lipinski definition) is 1. The molecule has 0 aromatic carbocycles. The van der Waals surface area contributed by atoms with Crippen LogP contribution in [0, 0.1) is 6.92 Å². The first kappa shape index (κ1) is 10.9. The van der Waals surface area contributed by atoms with Crippen molar-refractivity contribution in [3.05, 3.63) is 18.2 Å². The van der Waals surface area contributed by atoms with Crippen LogP contribution >= 0.6 is 0 Å². The minimum absolute atomic E-state index is 0.245. The van der Waals surface area contributed by atoms with E-state index < -0.39 is 0 Å². The number of aromatic nitrogens is 5. The van der Waals surface area contributed by atoms with Crippen molar-refractivity contribution < 1.29 is 0 Å². The molecule has 0 atom stereocenters. The van der Waals surface area contributed by atoms with Crippen LogP contribution in [-0.4, -0.2) is 37.6 Å². The molecule has 0 amide bonds. The lowest BCUT2D eigenvalue weighted by Crippen LogP contribution is -2.22. The molecule has 3 rings (SSSR count). The second-order valence-electron chi connectivity index (χ2n) is 4.33. The zero-order chi connectivity index (χ0) is 12.5. The van der Waals surface area contributed by atoms with Crippen LogP contribution in [0.3, 0.4) is 0 Å². The van der Waals surface area contributed by atoms with Crippen molar-refractivity contribution in [3.8, 4) is 5.95 Å². The van der Waals surface area contributed by atoms with Gasteiger partial charge in [0.1, 0.15) is 5.82 Å². The largest absolute Gasteiger partial charge is 0.368 e. The smallest absolute Gasteiger partial charge is 0.241 e. The minimum atomic E-state index is 0.245. The van der Waals surface area contributed by atoms with Crippen LogP contribution in [0.25, 0.3) is 5.95 Å². The Balaban J connectivity index is 2.03. The fraction of sp³-hybridized carbons (Fsp3) is 0.455. The molecular formula is C11H15N7. The second-order valence-corrected chi connectivity index (χ2v) is 4.33. The molecule has 1 fully saturated rings. The van der Waals surface area contributed by atoms with Crippen molar-refractivity contribution >= 4 is 11.9 Å². The molecule has 0 aliphatic carbocycles. The number of hydrogen-bond acceptors (Lipinski definition) is 6. The average Bonchev–Trinajstić information content (AvgIpc) is 2.98. The van der Waals surface area contributed by atoms with Crippen LogP contribution < -0.4 is 10.6 Å². The van der Waals surface area contributed by atoms with E-state index in [4.69, 9.17) is 5.73 Å². The molecule has 1 saturated heterocycles. The number of anilines is 2. The summed E-state index contributed by atoms with van der Waals surface area (Å²) >= 11 is 0. The fourth-order valence-corrected chi connectivity index (χ4v) is 2.12. The molecule has 2 aromatic heterocycles. The maximum atomic E-state index is 5.76. The van der Waals surface area contributed by atoms with Crippen molar-refractivity contribution in [2.24, 2.45) is 0 Å². The third-order valence-corrected chi connectivity index (χ3v) is 3.06. The Morgan fingerprint density at radius 2 is 1.83 bits per heavy atom. The summed E-state index contributed by atoms with van der Waals surface area (Å²) in [5.74, 6) is 2.26. The van der Waals surface area contributed by atoms with Gasteiger partial charge in [0.05, 0.1) is 0 Å². The predicted molar refractivity (Wildman–Crippen MR) is 67.5 cm³/mol. The van der Waals surface area contributed by atoms with E-state index in [0.29, 0.717) is 11.9 Å². The molecule has 3 heterocycles. The maximum absolute atomic E-state index is 5.76. The number of aryl methyl sites for hydroxylation is 1. The summed E-state index contributed by atoms with van der Waals surface area (Å²) < 4.78 is 1.80. The average molecular weight is 245 g/mol. The van der Waals surface area contributed by atoms with Crippen molar-refractivity contribution in [3.63, 3.8) is 0 Å². The summed E-state index contributed by atoms with van der Waals surface area (Å²) in [5, 5.41) is 0. The minimum Gasteiger partial charge on any atom is -0.368 e. The van der Waals surface area contributed by atoms with E-state index in [-0.39, 0.29) is 5.95 Å². The number of nitrogen functional groups attached to an aromatic ring is 1. The molecule has 1 aliphatic heterocycles. The molecule has 1 aliphatic rings. The number of nitrogens with zero attached hydrogens (tertiary/aromatic N) is 6. The van der Waals surface area contributed by atoms with E-state index in [1.54, 1.807) is 10.8 Å². The van der Waals surface area contributed by atoms with Crippen molar-refractivity contribution in [1.82, 2.24) is 24.5 Å². The van der Waals surface area contributed by atoms with E-state index in [2.05, 4.69) is 24.8 Å². The zero-order valence-corrected chi connectivity index (χ0v) is 10.2. The monoisotopic (exact) mass is 245 g/mol. The lowest BCUT2D eigenvalue weighted by Gasteiger charge is -2.15. The van der Waals surface area contributed by atoms with Crippen molar-refractivity contribution in [2.45, 2.75) is 19.8 Å². The Labute approximate surface area is 105 Å². The SMILES string of the molecule is Cc1nccn1-c1nc(N)nc(N2CCCC2)n1. The van der Waals surface area contributed by atoms with Gasteiger partial charge in [-0.15, -0.1) is 0 Å². The van der Waals surface area contributed by atoms with E-state index in [1.165, 1.54) is 12.8 Å². The van der Waals surface area contributed by atoms with Gasteiger partial charge in [-0.05, 0) is 19.8 Å². The number of nitrogens with two attached hydrogens (primary N) is 1.